The smallest absolute Gasteiger partial charge is 0.212 e. The van der Waals surface area contributed by atoms with Gasteiger partial charge in [-0.05, 0) is 44.5 Å². The lowest BCUT2D eigenvalue weighted by Gasteiger charge is -2.07. The predicted molar refractivity (Wildman–Crippen MR) is 74.1 cm³/mol. The van der Waals surface area contributed by atoms with E-state index in [4.69, 9.17) is 9.47 Å². The molecule has 1 aromatic carbocycles. The third kappa shape index (κ3) is 2.92. The molecule has 2 rings (SSSR count). The van der Waals surface area contributed by atoms with Crippen LogP contribution in [0.3, 0.4) is 0 Å². The molecule has 96 valence electrons. The molecule has 1 aromatic rings. The molecule has 1 aliphatic heterocycles. The SMILES string of the molecule is COc1ccc(C=C(C)C2=NC(C)(C)CO2)cc1. The van der Waals surface area contributed by atoms with Crippen molar-refractivity contribution >= 4 is 12.0 Å². The van der Waals surface area contributed by atoms with E-state index in [1.165, 1.54) is 0 Å². The maximum Gasteiger partial charge on any atom is 0.212 e. The van der Waals surface area contributed by atoms with Gasteiger partial charge >= 0.3 is 0 Å². The van der Waals surface area contributed by atoms with E-state index in [1.807, 2.05) is 31.2 Å². The Bertz CT molecular complexity index is 484. The number of nitrogens with zero attached hydrogens (tertiary/aromatic N) is 1. The normalized spacial score (nSPS) is 18.2. The highest BCUT2D eigenvalue weighted by atomic mass is 16.5. The second-order valence-electron chi connectivity index (χ2n) is 5.12. The van der Waals surface area contributed by atoms with Crippen molar-refractivity contribution in [2.45, 2.75) is 26.3 Å². The zero-order valence-corrected chi connectivity index (χ0v) is 11.4. The molecule has 0 aromatic heterocycles. The largest absolute Gasteiger partial charge is 0.497 e. The van der Waals surface area contributed by atoms with Gasteiger partial charge in [-0.2, -0.15) is 0 Å². The first-order valence-corrected chi connectivity index (χ1v) is 6.05. The first-order chi connectivity index (χ1) is 8.50. The number of aliphatic imine (C=N–C) groups is 1. The van der Waals surface area contributed by atoms with Gasteiger partial charge in [-0.25, -0.2) is 4.99 Å². The van der Waals surface area contributed by atoms with Gasteiger partial charge in [-0.15, -0.1) is 0 Å². The van der Waals surface area contributed by atoms with Gasteiger partial charge in [-0.3, -0.25) is 0 Å². The second kappa shape index (κ2) is 4.84. The molecule has 0 saturated carbocycles. The average Bonchev–Trinajstić information content (AvgIpc) is 2.71. The lowest BCUT2D eigenvalue weighted by Crippen LogP contribution is -2.17. The Balaban J connectivity index is 2.17. The minimum absolute atomic E-state index is 0.107. The van der Waals surface area contributed by atoms with Crippen molar-refractivity contribution < 1.29 is 9.47 Å². The summed E-state index contributed by atoms with van der Waals surface area (Å²) in [6, 6.07) is 7.92. The molecule has 0 fully saturated rings. The molecule has 0 amide bonds. The van der Waals surface area contributed by atoms with Gasteiger partial charge in [0.1, 0.15) is 12.4 Å². The molecule has 3 nitrogen and oxygen atoms in total. The quantitative estimate of drug-likeness (QED) is 0.818. The Labute approximate surface area is 108 Å². The summed E-state index contributed by atoms with van der Waals surface area (Å²) in [6.45, 7) is 6.81. The van der Waals surface area contributed by atoms with E-state index in [0.29, 0.717) is 6.61 Å². The van der Waals surface area contributed by atoms with Crippen molar-refractivity contribution in [1.29, 1.82) is 0 Å². The fourth-order valence-corrected chi connectivity index (χ4v) is 1.80. The molecular formula is C15H19NO2. The number of rotatable bonds is 3. The Morgan fingerprint density at radius 2 is 2.00 bits per heavy atom. The highest BCUT2D eigenvalue weighted by Crippen LogP contribution is 2.21. The predicted octanol–water partition coefficient (Wildman–Crippen LogP) is 3.31. The van der Waals surface area contributed by atoms with Crippen molar-refractivity contribution in [2.24, 2.45) is 4.99 Å². The molecule has 0 unspecified atom stereocenters. The highest BCUT2D eigenvalue weighted by molar-refractivity contribution is 5.98. The number of benzene rings is 1. The summed E-state index contributed by atoms with van der Waals surface area (Å²) < 4.78 is 10.7. The average molecular weight is 245 g/mol. The van der Waals surface area contributed by atoms with Crippen LogP contribution in [-0.2, 0) is 4.74 Å². The monoisotopic (exact) mass is 245 g/mol. The summed E-state index contributed by atoms with van der Waals surface area (Å²) in [5, 5.41) is 0. The number of ether oxygens (including phenoxy) is 2. The number of hydrogen-bond donors (Lipinski definition) is 0. The number of hydrogen-bond acceptors (Lipinski definition) is 3. The van der Waals surface area contributed by atoms with Crippen LogP contribution in [0.4, 0.5) is 0 Å². The van der Waals surface area contributed by atoms with Crippen molar-refractivity contribution in [3.63, 3.8) is 0 Å². The molecule has 0 saturated heterocycles. The van der Waals surface area contributed by atoms with Crippen LogP contribution in [0.1, 0.15) is 26.3 Å². The minimum Gasteiger partial charge on any atom is -0.497 e. The van der Waals surface area contributed by atoms with Crippen LogP contribution >= 0.6 is 0 Å². The fourth-order valence-electron chi connectivity index (χ4n) is 1.80. The second-order valence-corrected chi connectivity index (χ2v) is 5.12. The Morgan fingerprint density at radius 3 is 2.50 bits per heavy atom. The molecule has 0 bridgehead atoms. The molecule has 3 heteroatoms. The first kappa shape index (κ1) is 12.7. The summed E-state index contributed by atoms with van der Waals surface area (Å²) >= 11 is 0. The standard InChI is InChI=1S/C15H19NO2/c1-11(14-16-15(2,3)10-18-14)9-12-5-7-13(17-4)8-6-12/h5-9H,10H2,1-4H3. The third-order valence-corrected chi connectivity index (χ3v) is 2.80. The van der Waals surface area contributed by atoms with Crippen LogP contribution in [0.2, 0.25) is 0 Å². The summed E-state index contributed by atoms with van der Waals surface area (Å²) in [7, 11) is 1.67. The van der Waals surface area contributed by atoms with Crippen LogP contribution in [0.25, 0.3) is 6.08 Å². The van der Waals surface area contributed by atoms with E-state index in [1.54, 1.807) is 7.11 Å². The third-order valence-electron chi connectivity index (χ3n) is 2.80. The summed E-state index contributed by atoms with van der Waals surface area (Å²) in [4.78, 5) is 4.55. The lowest BCUT2D eigenvalue weighted by molar-refractivity contribution is 0.279. The Hall–Kier alpha value is -1.77. The zero-order chi connectivity index (χ0) is 13.2. The van der Waals surface area contributed by atoms with E-state index in [-0.39, 0.29) is 5.54 Å². The topological polar surface area (TPSA) is 30.8 Å². The van der Waals surface area contributed by atoms with E-state index in [9.17, 15) is 0 Å². The maximum absolute atomic E-state index is 5.60. The molecular weight excluding hydrogens is 226 g/mol. The van der Waals surface area contributed by atoms with Crippen LogP contribution < -0.4 is 4.74 Å². The summed E-state index contributed by atoms with van der Waals surface area (Å²) in [5.41, 5.74) is 2.06. The molecule has 0 atom stereocenters. The van der Waals surface area contributed by atoms with E-state index in [0.717, 1.165) is 22.8 Å². The molecule has 0 radical (unpaired) electrons. The van der Waals surface area contributed by atoms with Gasteiger partial charge in [0.25, 0.3) is 0 Å². The zero-order valence-electron chi connectivity index (χ0n) is 11.4. The Morgan fingerprint density at radius 1 is 1.33 bits per heavy atom. The molecule has 0 N–H and O–H groups in total. The first-order valence-electron chi connectivity index (χ1n) is 6.05. The van der Waals surface area contributed by atoms with Gasteiger partial charge in [0.15, 0.2) is 0 Å². The number of methoxy groups -OCH3 is 1. The maximum atomic E-state index is 5.60. The van der Waals surface area contributed by atoms with Crippen LogP contribution in [0.5, 0.6) is 5.75 Å². The molecule has 0 spiro atoms. The molecule has 1 aliphatic rings. The van der Waals surface area contributed by atoms with Crippen molar-refractivity contribution in [1.82, 2.24) is 0 Å². The highest BCUT2D eigenvalue weighted by Gasteiger charge is 2.26. The van der Waals surface area contributed by atoms with E-state index < -0.39 is 0 Å². The molecule has 18 heavy (non-hydrogen) atoms. The van der Waals surface area contributed by atoms with Gasteiger partial charge in [0, 0.05) is 5.57 Å². The van der Waals surface area contributed by atoms with Crippen molar-refractivity contribution in [3.05, 3.63) is 35.4 Å². The van der Waals surface area contributed by atoms with Gasteiger partial charge in [0.05, 0.1) is 12.6 Å². The van der Waals surface area contributed by atoms with Crippen molar-refractivity contribution in [3.8, 4) is 5.75 Å². The van der Waals surface area contributed by atoms with Gasteiger partial charge in [-0.1, -0.05) is 12.1 Å². The fraction of sp³-hybridized carbons (Fsp3) is 0.400. The summed E-state index contributed by atoms with van der Waals surface area (Å²) in [5.74, 6) is 1.61. The van der Waals surface area contributed by atoms with Crippen LogP contribution in [0, 0.1) is 0 Å². The van der Waals surface area contributed by atoms with Gasteiger partial charge < -0.3 is 9.47 Å². The van der Waals surface area contributed by atoms with Crippen LogP contribution in [-0.4, -0.2) is 25.2 Å². The van der Waals surface area contributed by atoms with Crippen molar-refractivity contribution in [2.75, 3.05) is 13.7 Å². The van der Waals surface area contributed by atoms with E-state index >= 15 is 0 Å². The summed E-state index contributed by atoms with van der Waals surface area (Å²) in [6.07, 6.45) is 2.07. The lowest BCUT2D eigenvalue weighted by atomic mass is 10.1. The van der Waals surface area contributed by atoms with E-state index in [2.05, 4.69) is 24.9 Å². The van der Waals surface area contributed by atoms with Gasteiger partial charge in [0.2, 0.25) is 5.90 Å². The minimum atomic E-state index is -0.107. The molecule has 1 heterocycles. The Kier molecular flexibility index (Phi) is 3.41. The van der Waals surface area contributed by atoms with Crippen LogP contribution in [0.15, 0.2) is 34.8 Å². The molecule has 0 aliphatic carbocycles.